The second kappa shape index (κ2) is 13.6. The summed E-state index contributed by atoms with van der Waals surface area (Å²) < 4.78 is 4.92. The van der Waals surface area contributed by atoms with E-state index in [1.165, 1.54) is 7.11 Å². The number of methoxy groups -OCH3 is 1. The number of aliphatic hydroxyl groups is 2. The lowest BCUT2D eigenvalue weighted by Crippen LogP contribution is -2.44. The Morgan fingerprint density at radius 1 is 0.897 bits per heavy atom. The first-order valence-electron chi connectivity index (χ1n) is 13.7. The number of likely N-dealkylation sites (tertiary alicyclic amines) is 1. The van der Waals surface area contributed by atoms with Gasteiger partial charge in [-0.2, -0.15) is 0 Å². The van der Waals surface area contributed by atoms with Crippen LogP contribution in [0.5, 0.6) is 0 Å². The van der Waals surface area contributed by atoms with Crippen molar-refractivity contribution in [2.75, 3.05) is 26.7 Å². The molecule has 1 fully saturated rings. The summed E-state index contributed by atoms with van der Waals surface area (Å²) in [5, 5.41) is 22.8. The van der Waals surface area contributed by atoms with E-state index in [9.17, 15) is 15.0 Å². The number of hydrogen-bond acceptors (Lipinski definition) is 5. The fraction of sp³-hybridized carbons (Fsp3) is 0.424. The van der Waals surface area contributed by atoms with Gasteiger partial charge in [-0.3, -0.25) is 4.79 Å². The number of ether oxygens (including phenoxy) is 1. The van der Waals surface area contributed by atoms with Crippen molar-refractivity contribution in [3.8, 4) is 0 Å². The number of benzene rings is 3. The van der Waals surface area contributed by atoms with E-state index in [1.807, 2.05) is 98.8 Å². The van der Waals surface area contributed by atoms with E-state index in [2.05, 4.69) is 4.90 Å². The molecule has 1 atom stereocenters. The highest BCUT2D eigenvalue weighted by molar-refractivity contribution is 5.85. The van der Waals surface area contributed by atoms with Crippen molar-refractivity contribution in [2.45, 2.75) is 56.7 Å². The first kappa shape index (κ1) is 30.8. The number of esters is 1. The molecule has 3 aromatic carbocycles. The van der Waals surface area contributed by atoms with Crippen LogP contribution < -0.4 is 0 Å². The second-order valence-electron chi connectivity index (χ2n) is 11.0. The van der Waals surface area contributed by atoms with Gasteiger partial charge in [0.15, 0.2) is 0 Å². The van der Waals surface area contributed by atoms with Crippen molar-refractivity contribution in [1.82, 2.24) is 4.90 Å². The summed E-state index contributed by atoms with van der Waals surface area (Å²) in [6.07, 6.45) is 2.87. The Bertz CT molecular complexity index is 1120. The summed E-state index contributed by atoms with van der Waals surface area (Å²) in [5.74, 6) is -0.137. The molecule has 3 aromatic rings. The maximum atomic E-state index is 12.1. The molecule has 1 unspecified atom stereocenters. The normalized spacial score (nSPS) is 15.8. The molecule has 0 bridgehead atoms. The molecule has 6 heteroatoms. The SMILES string of the molecule is COC(=O)C(C)(C)c1ccc(C(O)CCCN2CCC(C(O)(c3ccccc3)c3ccccc3)CC2)cc1.Cl. The van der Waals surface area contributed by atoms with Gasteiger partial charge in [0.25, 0.3) is 0 Å². The molecule has 0 aliphatic carbocycles. The summed E-state index contributed by atoms with van der Waals surface area (Å²) in [5.41, 5.74) is 1.91. The first-order chi connectivity index (χ1) is 18.3. The minimum atomic E-state index is -1.00. The largest absolute Gasteiger partial charge is 0.468 e. The van der Waals surface area contributed by atoms with Gasteiger partial charge in [0.2, 0.25) is 0 Å². The van der Waals surface area contributed by atoms with Crippen LogP contribution in [0.3, 0.4) is 0 Å². The van der Waals surface area contributed by atoms with Gasteiger partial charge in [-0.25, -0.2) is 0 Å². The molecule has 39 heavy (non-hydrogen) atoms. The molecule has 1 saturated heterocycles. The van der Waals surface area contributed by atoms with E-state index >= 15 is 0 Å². The third kappa shape index (κ3) is 6.90. The average Bonchev–Trinajstić information content (AvgIpc) is 2.97. The van der Waals surface area contributed by atoms with Crippen LogP contribution >= 0.6 is 12.4 Å². The Morgan fingerprint density at radius 2 is 1.41 bits per heavy atom. The second-order valence-corrected chi connectivity index (χ2v) is 11.0. The van der Waals surface area contributed by atoms with Crippen molar-refractivity contribution in [3.05, 3.63) is 107 Å². The zero-order valence-electron chi connectivity index (χ0n) is 23.3. The topological polar surface area (TPSA) is 70.0 Å². The number of carbonyl (C=O) groups is 1. The molecular weight excluding hydrogens is 510 g/mol. The number of carbonyl (C=O) groups excluding carboxylic acids is 1. The summed E-state index contributed by atoms with van der Waals surface area (Å²) in [7, 11) is 1.40. The Balaban J connectivity index is 0.00000420. The van der Waals surface area contributed by atoms with Crippen LogP contribution in [-0.4, -0.2) is 47.8 Å². The molecule has 1 heterocycles. The molecule has 210 valence electrons. The van der Waals surface area contributed by atoms with Crippen LogP contribution in [0.15, 0.2) is 84.9 Å². The summed E-state index contributed by atoms with van der Waals surface area (Å²) in [4.78, 5) is 14.5. The van der Waals surface area contributed by atoms with Crippen molar-refractivity contribution in [2.24, 2.45) is 5.92 Å². The van der Waals surface area contributed by atoms with E-state index in [0.29, 0.717) is 6.42 Å². The fourth-order valence-corrected chi connectivity index (χ4v) is 5.77. The molecule has 0 radical (unpaired) electrons. The Labute approximate surface area is 239 Å². The first-order valence-corrected chi connectivity index (χ1v) is 13.7. The molecule has 1 aliphatic rings. The Morgan fingerprint density at radius 3 is 1.90 bits per heavy atom. The van der Waals surface area contributed by atoms with Crippen LogP contribution in [0.25, 0.3) is 0 Å². The quantitative estimate of drug-likeness (QED) is 0.301. The number of aliphatic hydroxyl groups excluding tert-OH is 1. The number of rotatable bonds is 10. The highest BCUT2D eigenvalue weighted by Gasteiger charge is 2.41. The molecule has 5 nitrogen and oxygen atoms in total. The van der Waals surface area contributed by atoms with Gasteiger partial charge < -0.3 is 19.8 Å². The lowest BCUT2D eigenvalue weighted by Gasteiger charge is -2.42. The van der Waals surface area contributed by atoms with Crippen molar-refractivity contribution in [3.63, 3.8) is 0 Å². The predicted molar refractivity (Wildman–Crippen MR) is 158 cm³/mol. The van der Waals surface area contributed by atoms with Crippen LogP contribution in [0, 0.1) is 5.92 Å². The van der Waals surface area contributed by atoms with Gasteiger partial charge in [0, 0.05) is 0 Å². The van der Waals surface area contributed by atoms with Crippen LogP contribution in [0.1, 0.15) is 67.9 Å². The summed E-state index contributed by atoms with van der Waals surface area (Å²) in [6.45, 7) is 6.47. The summed E-state index contributed by atoms with van der Waals surface area (Å²) in [6, 6.07) is 27.7. The Hall–Kier alpha value is -2.70. The zero-order chi connectivity index (χ0) is 27.2. The van der Waals surface area contributed by atoms with Crippen molar-refractivity contribution < 1.29 is 19.7 Å². The monoisotopic (exact) mass is 551 g/mol. The number of piperidine rings is 1. The van der Waals surface area contributed by atoms with Crippen LogP contribution in [-0.2, 0) is 20.5 Å². The molecule has 2 N–H and O–H groups in total. The lowest BCUT2D eigenvalue weighted by molar-refractivity contribution is -0.146. The summed E-state index contributed by atoms with van der Waals surface area (Å²) >= 11 is 0. The molecule has 4 rings (SSSR count). The fourth-order valence-electron chi connectivity index (χ4n) is 5.77. The number of halogens is 1. The molecule has 0 amide bonds. The van der Waals surface area contributed by atoms with E-state index < -0.39 is 17.1 Å². The zero-order valence-corrected chi connectivity index (χ0v) is 24.1. The molecule has 0 saturated carbocycles. The van der Waals surface area contributed by atoms with E-state index in [4.69, 9.17) is 4.74 Å². The smallest absolute Gasteiger partial charge is 0.315 e. The minimum absolute atomic E-state index is 0. The third-order valence-electron chi connectivity index (χ3n) is 8.27. The van der Waals surface area contributed by atoms with Crippen molar-refractivity contribution in [1.29, 1.82) is 0 Å². The molecule has 0 spiro atoms. The highest BCUT2D eigenvalue weighted by atomic mass is 35.5. The van der Waals surface area contributed by atoms with Gasteiger partial charge in [-0.15, -0.1) is 12.4 Å². The van der Waals surface area contributed by atoms with Gasteiger partial charge in [-0.1, -0.05) is 84.9 Å². The number of nitrogens with zero attached hydrogens (tertiary/aromatic N) is 1. The molecular formula is C33H42ClNO4. The maximum Gasteiger partial charge on any atom is 0.315 e. The van der Waals surface area contributed by atoms with Crippen LogP contribution in [0.2, 0.25) is 0 Å². The molecule has 0 aromatic heterocycles. The minimum Gasteiger partial charge on any atom is -0.468 e. The van der Waals surface area contributed by atoms with E-state index in [1.54, 1.807) is 0 Å². The molecule has 1 aliphatic heterocycles. The predicted octanol–water partition coefficient (Wildman–Crippen LogP) is 6.02. The number of hydrogen-bond donors (Lipinski definition) is 2. The highest BCUT2D eigenvalue weighted by Crippen LogP contribution is 2.42. The average molecular weight is 552 g/mol. The van der Waals surface area contributed by atoms with E-state index in [-0.39, 0.29) is 24.3 Å². The van der Waals surface area contributed by atoms with Gasteiger partial charge in [0.1, 0.15) is 5.60 Å². The third-order valence-corrected chi connectivity index (χ3v) is 8.27. The van der Waals surface area contributed by atoms with Gasteiger partial charge in [0.05, 0.1) is 18.6 Å². The lowest BCUT2D eigenvalue weighted by atomic mass is 9.72. The van der Waals surface area contributed by atoms with Gasteiger partial charge >= 0.3 is 5.97 Å². The maximum absolute atomic E-state index is 12.1. The van der Waals surface area contributed by atoms with Crippen molar-refractivity contribution >= 4 is 18.4 Å². The van der Waals surface area contributed by atoms with Crippen LogP contribution in [0.4, 0.5) is 0 Å². The van der Waals surface area contributed by atoms with Gasteiger partial charge in [-0.05, 0) is 87.3 Å². The standard InChI is InChI=1S/C33H41NO4.ClH/c1-32(2,31(36)38-3)26-18-16-25(17-19-26)30(35)15-10-22-34-23-20-29(21-24-34)33(37,27-11-6-4-7-12-27)28-13-8-5-9-14-28;/h4-9,11-14,16-19,29-30,35,37H,10,15,20-24H2,1-3H3;1H. The van der Waals surface area contributed by atoms with E-state index in [0.717, 1.165) is 61.2 Å². The Kier molecular flexibility index (Phi) is 10.7.